The second-order valence-corrected chi connectivity index (χ2v) is 9.64. The van der Waals surface area contributed by atoms with Gasteiger partial charge in [0.05, 0.1) is 24.6 Å². The Kier molecular flexibility index (Phi) is 11.9. The van der Waals surface area contributed by atoms with Crippen LogP contribution < -0.4 is 21.9 Å². The van der Waals surface area contributed by atoms with Gasteiger partial charge < -0.3 is 33.0 Å². The Labute approximate surface area is 277 Å². The molecule has 3 aromatic carbocycles. The average Bonchev–Trinajstić information content (AvgIpc) is 2.99. The molecule has 1 aromatic heterocycles. The molecule has 0 spiro atoms. The molecule has 1 aliphatic heterocycles. The molecule has 4 aromatic rings. The molecule has 0 saturated carbocycles. The number of fused-ring (bicyclic) bond motifs is 1. The van der Waals surface area contributed by atoms with Crippen molar-refractivity contribution in [3.63, 3.8) is 0 Å². The molecule has 0 bridgehead atoms. The van der Waals surface area contributed by atoms with E-state index in [9.17, 15) is 29.0 Å². The number of nitrogens with zero attached hydrogens (tertiary/aromatic N) is 2. The first-order chi connectivity index (χ1) is 20.3. The molecule has 0 fully saturated rings. The quantitative estimate of drug-likeness (QED) is 0.190. The Morgan fingerprint density at radius 2 is 1.89 bits per heavy atom. The van der Waals surface area contributed by atoms with Gasteiger partial charge in [0.2, 0.25) is 0 Å². The average molecular weight is 825 g/mol. The van der Waals surface area contributed by atoms with E-state index in [0.29, 0.717) is 29.1 Å². The Bertz CT molecular complexity index is 1800. The maximum atomic E-state index is 13.5. The summed E-state index contributed by atoms with van der Waals surface area (Å²) >= 11 is 0. The second-order valence-electron chi connectivity index (χ2n) is 9.64. The van der Waals surface area contributed by atoms with Crippen molar-refractivity contribution in [3.05, 3.63) is 135 Å². The van der Waals surface area contributed by atoms with Crippen molar-refractivity contribution < 1.29 is 55.2 Å². The van der Waals surface area contributed by atoms with Crippen LogP contribution in [-0.4, -0.2) is 38.4 Å². The van der Waals surface area contributed by atoms with Crippen LogP contribution >= 0.6 is 0 Å². The molecule has 1 amide bonds. The van der Waals surface area contributed by atoms with Crippen LogP contribution in [0.25, 0.3) is 11.4 Å². The van der Waals surface area contributed by atoms with Crippen molar-refractivity contribution in [2.75, 3.05) is 23.8 Å². The SMILES string of the molecule is Cc1cc(COC2=CCNc3cc(CO)[c-]cc32)ccc1NC(=O)c1cn(CCO)c(=O)n(-c2ccc(F)cc2)c1=O.[CH3-].[U+2]. The predicted octanol–water partition coefficient (Wildman–Crippen LogP) is 3.42. The largest absolute Gasteiger partial charge is 2.00 e. The number of anilines is 2. The number of amides is 1. The molecule has 12 heteroatoms. The number of carbonyl (C=O) groups excluding carboxylic acids is 1. The Balaban J connectivity index is 0.00000264. The zero-order valence-corrected chi connectivity index (χ0v) is 28.3. The molecule has 2 heterocycles. The predicted molar refractivity (Wildman–Crippen MR) is 161 cm³/mol. The molecule has 10 nitrogen and oxygen atoms in total. The van der Waals surface area contributed by atoms with Crippen molar-refractivity contribution in [1.29, 1.82) is 0 Å². The molecular weight excluding hydrogens is 793 g/mol. The van der Waals surface area contributed by atoms with E-state index in [1.807, 2.05) is 18.2 Å². The first-order valence-electron chi connectivity index (χ1n) is 13.2. The Morgan fingerprint density at radius 1 is 1.14 bits per heavy atom. The van der Waals surface area contributed by atoms with Crippen molar-refractivity contribution >= 4 is 23.0 Å². The first-order valence-corrected chi connectivity index (χ1v) is 13.2. The number of ether oxygens (including phenoxy) is 1. The Morgan fingerprint density at radius 3 is 2.57 bits per heavy atom. The molecule has 0 unspecified atom stereocenters. The number of carbonyl (C=O) groups is 1. The molecule has 0 aliphatic carbocycles. The van der Waals surface area contributed by atoms with E-state index in [2.05, 4.69) is 16.7 Å². The summed E-state index contributed by atoms with van der Waals surface area (Å²) < 4.78 is 21.4. The maximum Gasteiger partial charge on any atom is 2.00 e. The molecule has 0 atom stereocenters. The van der Waals surface area contributed by atoms with Gasteiger partial charge in [-0.15, -0.1) is 11.6 Å². The molecule has 44 heavy (non-hydrogen) atoms. The van der Waals surface area contributed by atoms with Crippen LogP contribution in [0.5, 0.6) is 0 Å². The minimum absolute atomic E-state index is 0. The molecule has 226 valence electrons. The topological polar surface area (TPSA) is 135 Å². The number of rotatable bonds is 9. The standard InChI is InChI=1S/C31H28FN4O6.CH3.U/c1-19-14-21(18-42-28-10-11-33-27-15-20(17-38)2-8-24(27)28)3-9-26(19)34-29(39)25-16-35(12-13-37)31(41)36(30(25)40)23-6-4-22(32)5-7-23;;/h3-10,14-16,33,37-38H,11-13,17-18H2,1H3,(H,34,39);1H3;/q2*-1;+2. The number of benzene rings is 3. The smallest absolute Gasteiger partial charge is 0.501 e. The van der Waals surface area contributed by atoms with Crippen molar-refractivity contribution in [2.45, 2.75) is 26.7 Å². The number of nitrogens with one attached hydrogen (secondary N) is 2. The van der Waals surface area contributed by atoms with Crippen LogP contribution in [0.1, 0.15) is 32.6 Å². The molecule has 0 saturated heterocycles. The third kappa shape index (κ3) is 7.39. The van der Waals surface area contributed by atoms with E-state index in [4.69, 9.17) is 4.74 Å². The van der Waals surface area contributed by atoms with E-state index in [1.165, 1.54) is 12.1 Å². The van der Waals surface area contributed by atoms with E-state index >= 15 is 0 Å². The minimum Gasteiger partial charge on any atom is -0.501 e. The summed E-state index contributed by atoms with van der Waals surface area (Å²) in [6, 6.07) is 16.7. The van der Waals surface area contributed by atoms with Gasteiger partial charge in [0.1, 0.15) is 18.0 Å². The van der Waals surface area contributed by atoms with Crippen LogP contribution in [0, 0.1) is 57.3 Å². The van der Waals surface area contributed by atoms with Gasteiger partial charge in [0.15, 0.2) is 0 Å². The fourth-order valence-corrected chi connectivity index (χ4v) is 4.63. The third-order valence-electron chi connectivity index (χ3n) is 6.79. The fraction of sp³-hybridized carbons (Fsp3) is 0.188. The number of hydrogen-bond acceptors (Lipinski definition) is 7. The summed E-state index contributed by atoms with van der Waals surface area (Å²) in [6.07, 6.45) is 3.03. The van der Waals surface area contributed by atoms with E-state index in [1.54, 1.807) is 25.1 Å². The zero-order valence-electron chi connectivity index (χ0n) is 24.2. The third-order valence-corrected chi connectivity index (χ3v) is 6.79. The van der Waals surface area contributed by atoms with E-state index in [0.717, 1.165) is 44.3 Å². The summed E-state index contributed by atoms with van der Waals surface area (Å²) in [5.74, 6) is -0.604. The Hall–Kier alpha value is -3.95. The minimum atomic E-state index is -0.875. The van der Waals surface area contributed by atoms with Crippen LogP contribution in [0.15, 0.2) is 76.5 Å². The van der Waals surface area contributed by atoms with Gasteiger partial charge in [-0.3, -0.25) is 14.2 Å². The van der Waals surface area contributed by atoms with Crippen LogP contribution in [0.4, 0.5) is 15.8 Å². The van der Waals surface area contributed by atoms with Gasteiger partial charge in [-0.2, -0.15) is 12.1 Å². The van der Waals surface area contributed by atoms with Gasteiger partial charge >= 0.3 is 36.8 Å². The first kappa shape index (κ1) is 34.5. The normalized spacial score (nSPS) is 11.7. The van der Waals surface area contributed by atoms with E-state index < -0.39 is 29.6 Å². The van der Waals surface area contributed by atoms with Gasteiger partial charge in [0.25, 0.3) is 11.5 Å². The monoisotopic (exact) mass is 824 g/mol. The number of aryl methyl sites for hydroxylation is 1. The maximum absolute atomic E-state index is 13.5. The number of halogens is 1. The molecular formula is C32H31FN4O6U. The molecule has 0 radical (unpaired) electrons. The van der Waals surface area contributed by atoms with Crippen LogP contribution in [0.2, 0.25) is 0 Å². The second kappa shape index (κ2) is 15.2. The number of hydrogen-bond donors (Lipinski definition) is 4. The summed E-state index contributed by atoms with van der Waals surface area (Å²) in [4.78, 5) is 39.4. The summed E-state index contributed by atoms with van der Waals surface area (Å²) in [5, 5.41) is 24.8. The summed E-state index contributed by atoms with van der Waals surface area (Å²) in [7, 11) is 0. The molecule has 1 aliphatic rings. The van der Waals surface area contributed by atoms with E-state index in [-0.39, 0.29) is 69.5 Å². The van der Waals surface area contributed by atoms with Crippen molar-refractivity contribution in [2.24, 2.45) is 0 Å². The number of aromatic nitrogens is 2. The summed E-state index contributed by atoms with van der Waals surface area (Å²) in [5.41, 5.74) is 2.51. The summed E-state index contributed by atoms with van der Waals surface area (Å²) in [6.45, 7) is 1.99. The van der Waals surface area contributed by atoms with Gasteiger partial charge in [-0.05, 0) is 54.5 Å². The van der Waals surface area contributed by atoms with Gasteiger partial charge in [0, 0.05) is 25.0 Å². The molecule has 4 N–H and O–H groups in total. The zero-order chi connectivity index (χ0) is 29.8. The van der Waals surface area contributed by atoms with Crippen LogP contribution in [-0.2, 0) is 24.5 Å². The number of aliphatic hydroxyl groups is 2. The molecule has 5 rings (SSSR count). The fourth-order valence-electron chi connectivity index (χ4n) is 4.63. The van der Waals surface area contributed by atoms with Crippen molar-refractivity contribution in [1.82, 2.24) is 9.13 Å². The van der Waals surface area contributed by atoms with Crippen molar-refractivity contribution in [3.8, 4) is 5.69 Å². The number of aliphatic hydroxyl groups excluding tert-OH is 2. The van der Waals surface area contributed by atoms with Gasteiger partial charge in [-0.25, -0.2) is 13.8 Å². The van der Waals surface area contributed by atoms with Gasteiger partial charge in [-0.1, -0.05) is 23.4 Å². The van der Waals surface area contributed by atoms with Crippen LogP contribution in [0.3, 0.4) is 0 Å².